The Hall–Kier alpha value is -0.640. The Kier molecular flexibility index (Phi) is 3.48. The zero-order chi connectivity index (χ0) is 10.8. The molecule has 2 atom stereocenters. The van der Waals surface area contributed by atoms with E-state index in [-0.39, 0.29) is 12.0 Å². The molecule has 0 radical (unpaired) electrons. The van der Waals surface area contributed by atoms with E-state index in [4.69, 9.17) is 11.0 Å². The predicted molar refractivity (Wildman–Crippen MR) is 52.7 cm³/mol. The number of nitrogens with zero attached hydrogens (tertiary/aromatic N) is 2. The van der Waals surface area contributed by atoms with Crippen LogP contribution in [0, 0.1) is 17.2 Å². The average molecular weight is 217 g/mol. The fourth-order valence-electron chi connectivity index (χ4n) is 1.55. The highest BCUT2D eigenvalue weighted by atomic mass is 32.2. The highest BCUT2D eigenvalue weighted by Crippen LogP contribution is 2.17. The lowest BCUT2D eigenvalue weighted by Gasteiger charge is -2.33. The van der Waals surface area contributed by atoms with Gasteiger partial charge in [0.05, 0.1) is 6.07 Å². The number of hydrogen-bond acceptors (Lipinski definition) is 4. The first kappa shape index (κ1) is 11.4. The van der Waals surface area contributed by atoms with E-state index >= 15 is 0 Å². The smallest absolute Gasteiger partial charge is 0.227 e. The van der Waals surface area contributed by atoms with Gasteiger partial charge < -0.3 is 5.73 Å². The quantitative estimate of drug-likeness (QED) is 0.676. The monoisotopic (exact) mass is 217 g/mol. The summed E-state index contributed by atoms with van der Waals surface area (Å²) in [6, 6.07) is 1.74. The second kappa shape index (κ2) is 4.26. The SMILES string of the molecule is CC1CN(S(=O)(=O)CC#N)CCC1N. The van der Waals surface area contributed by atoms with Gasteiger partial charge in [-0.1, -0.05) is 6.92 Å². The molecule has 0 bridgehead atoms. The molecule has 0 aromatic heterocycles. The first-order valence-electron chi connectivity index (χ1n) is 4.57. The van der Waals surface area contributed by atoms with E-state index in [9.17, 15) is 8.42 Å². The maximum Gasteiger partial charge on any atom is 0.227 e. The average Bonchev–Trinajstić information content (AvgIpc) is 2.09. The Balaban J connectivity index is 2.69. The van der Waals surface area contributed by atoms with Crippen molar-refractivity contribution in [1.29, 1.82) is 5.26 Å². The fourth-order valence-corrected chi connectivity index (χ4v) is 2.74. The molecular weight excluding hydrogens is 202 g/mol. The predicted octanol–water partition coefficient (Wildman–Crippen LogP) is -0.491. The van der Waals surface area contributed by atoms with Gasteiger partial charge in [0.2, 0.25) is 10.0 Å². The van der Waals surface area contributed by atoms with Crippen molar-refractivity contribution in [2.45, 2.75) is 19.4 Å². The van der Waals surface area contributed by atoms with Gasteiger partial charge >= 0.3 is 0 Å². The molecule has 1 fully saturated rings. The maximum atomic E-state index is 11.5. The van der Waals surface area contributed by atoms with Crippen molar-refractivity contribution in [1.82, 2.24) is 4.31 Å². The minimum Gasteiger partial charge on any atom is -0.327 e. The van der Waals surface area contributed by atoms with Crippen LogP contribution in [-0.2, 0) is 10.0 Å². The standard InChI is InChI=1S/C8H15N3O2S/c1-7-6-11(4-2-8(7)10)14(12,13)5-3-9/h7-8H,2,4-6,10H2,1H3. The van der Waals surface area contributed by atoms with Gasteiger partial charge in [-0.3, -0.25) is 0 Å². The van der Waals surface area contributed by atoms with Crippen molar-refractivity contribution in [3.63, 3.8) is 0 Å². The van der Waals surface area contributed by atoms with Crippen molar-refractivity contribution in [2.24, 2.45) is 11.7 Å². The van der Waals surface area contributed by atoms with Gasteiger partial charge in [-0.05, 0) is 12.3 Å². The van der Waals surface area contributed by atoms with Crippen LogP contribution in [-0.4, -0.2) is 37.6 Å². The van der Waals surface area contributed by atoms with Crippen molar-refractivity contribution < 1.29 is 8.42 Å². The topological polar surface area (TPSA) is 87.2 Å². The molecule has 6 heteroatoms. The second-order valence-electron chi connectivity index (χ2n) is 3.70. The molecule has 0 aromatic carbocycles. The molecule has 14 heavy (non-hydrogen) atoms. The highest BCUT2D eigenvalue weighted by molar-refractivity contribution is 7.89. The molecule has 1 aliphatic rings. The van der Waals surface area contributed by atoms with Crippen molar-refractivity contribution in [3.8, 4) is 6.07 Å². The first-order chi connectivity index (χ1) is 6.47. The van der Waals surface area contributed by atoms with Crippen molar-refractivity contribution in [3.05, 3.63) is 0 Å². The van der Waals surface area contributed by atoms with Gasteiger partial charge in [-0.2, -0.15) is 5.26 Å². The zero-order valence-electron chi connectivity index (χ0n) is 8.18. The van der Waals surface area contributed by atoms with Gasteiger partial charge in [0.15, 0.2) is 5.75 Å². The lowest BCUT2D eigenvalue weighted by atomic mass is 9.96. The summed E-state index contributed by atoms with van der Waals surface area (Å²) in [6.07, 6.45) is 0.672. The number of nitrogens with two attached hydrogens (primary N) is 1. The van der Waals surface area contributed by atoms with Gasteiger partial charge in [0, 0.05) is 19.1 Å². The molecule has 2 unspecified atom stereocenters. The van der Waals surface area contributed by atoms with Crippen LogP contribution in [0.3, 0.4) is 0 Å². The minimum atomic E-state index is -3.37. The van der Waals surface area contributed by atoms with E-state index in [2.05, 4.69) is 0 Å². The Morgan fingerprint density at radius 1 is 1.64 bits per heavy atom. The molecule has 1 heterocycles. The van der Waals surface area contributed by atoms with E-state index < -0.39 is 15.8 Å². The van der Waals surface area contributed by atoms with Crippen LogP contribution < -0.4 is 5.73 Å². The van der Waals surface area contributed by atoms with Crippen LogP contribution in [0.4, 0.5) is 0 Å². The Morgan fingerprint density at radius 2 is 2.29 bits per heavy atom. The summed E-state index contributed by atoms with van der Waals surface area (Å²) in [4.78, 5) is 0. The maximum absolute atomic E-state index is 11.5. The van der Waals surface area contributed by atoms with Crippen LogP contribution in [0.1, 0.15) is 13.3 Å². The molecule has 2 N–H and O–H groups in total. The third-order valence-corrected chi connectivity index (χ3v) is 4.19. The normalized spacial score (nSPS) is 29.8. The lowest BCUT2D eigenvalue weighted by molar-refractivity contribution is 0.250. The molecule has 0 aliphatic carbocycles. The highest BCUT2D eigenvalue weighted by Gasteiger charge is 2.30. The summed E-state index contributed by atoms with van der Waals surface area (Å²) in [5.74, 6) is -0.271. The molecule has 80 valence electrons. The number of piperidine rings is 1. The summed E-state index contributed by atoms with van der Waals surface area (Å²) in [5, 5.41) is 8.37. The molecular formula is C8H15N3O2S. The van der Waals surface area contributed by atoms with E-state index in [1.54, 1.807) is 6.07 Å². The van der Waals surface area contributed by atoms with Crippen LogP contribution in [0.2, 0.25) is 0 Å². The van der Waals surface area contributed by atoms with Gasteiger partial charge in [0.25, 0.3) is 0 Å². The zero-order valence-corrected chi connectivity index (χ0v) is 9.00. The molecule has 1 rings (SSSR count). The van der Waals surface area contributed by atoms with Gasteiger partial charge in [0.1, 0.15) is 0 Å². The molecule has 1 aliphatic heterocycles. The Morgan fingerprint density at radius 3 is 2.79 bits per heavy atom. The van der Waals surface area contributed by atoms with Crippen LogP contribution in [0.25, 0.3) is 0 Å². The van der Waals surface area contributed by atoms with Gasteiger partial charge in [-0.25, -0.2) is 12.7 Å². The third-order valence-electron chi connectivity index (χ3n) is 2.57. The lowest BCUT2D eigenvalue weighted by Crippen LogP contribution is -2.48. The third kappa shape index (κ3) is 2.44. The molecule has 1 saturated heterocycles. The largest absolute Gasteiger partial charge is 0.327 e. The van der Waals surface area contributed by atoms with Crippen LogP contribution >= 0.6 is 0 Å². The van der Waals surface area contributed by atoms with E-state index in [1.165, 1.54) is 4.31 Å². The second-order valence-corrected chi connectivity index (χ2v) is 5.67. The molecule has 5 nitrogen and oxygen atoms in total. The van der Waals surface area contributed by atoms with Crippen LogP contribution in [0.15, 0.2) is 0 Å². The molecule has 0 saturated carbocycles. The van der Waals surface area contributed by atoms with Gasteiger partial charge in [-0.15, -0.1) is 0 Å². The summed E-state index contributed by atoms with van der Waals surface area (Å²) in [7, 11) is -3.37. The number of nitriles is 1. The first-order valence-corrected chi connectivity index (χ1v) is 6.18. The molecule has 0 aromatic rings. The summed E-state index contributed by atoms with van der Waals surface area (Å²) in [6.45, 7) is 2.80. The van der Waals surface area contributed by atoms with E-state index in [0.29, 0.717) is 19.5 Å². The van der Waals surface area contributed by atoms with Crippen molar-refractivity contribution >= 4 is 10.0 Å². The Bertz CT molecular complexity index is 333. The van der Waals surface area contributed by atoms with E-state index in [0.717, 1.165) is 0 Å². The summed E-state index contributed by atoms with van der Waals surface area (Å²) in [5.41, 5.74) is 5.77. The number of rotatable bonds is 2. The Labute approximate surface area is 84.5 Å². The fraction of sp³-hybridized carbons (Fsp3) is 0.875. The number of hydrogen-bond donors (Lipinski definition) is 1. The molecule has 0 spiro atoms. The number of sulfonamides is 1. The summed E-state index contributed by atoms with van der Waals surface area (Å²) < 4.78 is 24.4. The van der Waals surface area contributed by atoms with Crippen molar-refractivity contribution in [2.75, 3.05) is 18.8 Å². The molecule has 0 amide bonds. The summed E-state index contributed by atoms with van der Waals surface area (Å²) >= 11 is 0. The minimum absolute atomic E-state index is 0.0727. The van der Waals surface area contributed by atoms with E-state index in [1.807, 2.05) is 6.92 Å². The van der Waals surface area contributed by atoms with Crippen LogP contribution in [0.5, 0.6) is 0 Å².